The predicted molar refractivity (Wildman–Crippen MR) is 167 cm³/mol. The Balaban J connectivity index is 2.14. The number of allylic oxidation sites excluding steroid dienone is 3. The number of hydrogen-bond acceptors (Lipinski definition) is 9. The molecule has 1 fully saturated rings. The number of aliphatic hydroxyl groups excluding tert-OH is 5. The highest BCUT2D eigenvalue weighted by molar-refractivity contribution is 5.36. The van der Waals surface area contributed by atoms with Gasteiger partial charge in [0.05, 0.1) is 36.9 Å². The minimum absolute atomic E-state index is 0.0118. The van der Waals surface area contributed by atoms with Crippen molar-refractivity contribution >= 4 is 0 Å². The Kier molecular flexibility index (Phi) is 14.8. The third-order valence-electron chi connectivity index (χ3n) is 8.33. The lowest BCUT2D eigenvalue weighted by molar-refractivity contribution is -0.180. The summed E-state index contributed by atoms with van der Waals surface area (Å²) in [7, 11) is 0. The van der Waals surface area contributed by atoms with Crippen LogP contribution in [0.5, 0.6) is 5.75 Å². The van der Waals surface area contributed by atoms with Gasteiger partial charge in [0.2, 0.25) is 0 Å². The average Bonchev–Trinajstić information content (AvgIpc) is 2.95. The van der Waals surface area contributed by atoms with Crippen molar-refractivity contribution in [1.82, 2.24) is 0 Å². The molecule has 1 aromatic heterocycles. The molecule has 43 heavy (non-hydrogen) atoms. The molecule has 7 atom stereocenters. The van der Waals surface area contributed by atoms with Crippen LogP contribution in [0.2, 0.25) is 0 Å². The van der Waals surface area contributed by atoms with Crippen LogP contribution in [0.15, 0.2) is 50.7 Å². The largest absolute Gasteiger partial charge is 0.507 e. The molecule has 1 aliphatic heterocycles. The van der Waals surface area contributed by atoms with Crippen LogP contribution < -0.4 is 5.63 Å². The van der Waals surface area contributed by atoms with E-state index in [9.17, 15) is 35.4 Å². The second kappa shape index (κ2) is 17.3. The molecule has 1 saturated heterocycles. The highest BCUT2D eigenvalue weighted by Crippen LogP contribution is 2.37. The number of rotatable bonds is 16. The molecule has 0 radical (unpaired) electrons. The van der Waals surface area contributed by atoms with E-state index in [1.807, 2.05) is 13.0 Å². The quantitative estimate of drug-likeness (QED) is 0.0899. The zero-order valence-electron chi connectivity index (χ0n) is 26.7. The van der Waals surface area contributed by atoms with E-state index in [2.05, 4.69) is 26.8 Å². The van der Waals surface area contributed by atoms with E-state index < -0.39 is 53.9 Å². The fourth-order valence-corrected chi connectivity index (χ4v) is 5.56. The zero-order valence-corrected chi connectivity index (χ0v) is 26.7. The van der Waals surface area contributed by atoms with Crippen molar-refractivity contribution in [1.29, 1.82) is 0 Å². The van der Waals surface area contributed by atoms with Crippen molar-refractivity contribution in [3.05, 3.63) is 63.3 Å². The fraction of sp³-hybridized carbons (Fsp3) is 0.676. The minimum atomic E-state index is -1.50. The molecule has 0 amide bonds. The number of aromatic hydroxyl groups is 1. The van der Waals surface area contributed by atoms with Crippen LogP contribution in [0, 0.1) is 11.8 Å². The lowest BCUT2D eigenvalue weighted by atomic mass is 9.82. The Labute approximate surface area is 256 Å². The minimum Gasteiger partial charge on any atom is -0.507 e. The lowest BCUT2D eigenvalue weighted by Gasteiger charge is -2.36. The summed E-state index contributed by atoms with van der Waals surface area (Å²) in [6.45, 7) is 11.3. The monoisotopic (exact) mass is 606 g/mol. The Morgan fingerprint density at radius 2 is 1.84 bits per heavy atom. The molecule has 0 saturated carbocycles. The van der Waals surface area contributed by atoms with Crippen molar-refractivity contribution in [2.45, 2.75) is 122 Å². The molecule has 0 spiro atoms. The first kappa shape index (κ1) is 36.9. The van der Waals surface area contributed by atoms with Crippen molar-refractivity contribution in [3.8, 4) is 5.75 Å². The third-order valence-corrected chi connectivity index (χ3v) is 8.33. The molecular formula is C34H54O9. The molecule has 9 heteroatoms. The molecule has 0 aromatic carbocycles. The summed E-state index contributed by atoms with van der Waals surface area (Å²) in [5.41, 5.74) is -0.399. The van der Waals surface area contributed by atoms with Gasteiger partial charge in [0.1, 0.15) is 29.3 Å². The number of aliphatic hydroxyl groups is 5. The van der Waals surface area contributed by atoms with Crippen molar-refractivity contribution in [2.75, 3.05) is 13.2 Å². The van der Waals surface area contributed by atoms with E-state index in [0.29, 0.717) is 5.92 Å². The Hall–Kier alpha value is -2.27. The molecule has 0 aliphatic carbocycles. The van der Waals surface area contributed by atoms with Crippen LogP contribution in [0.4, 0.5) is 0 Å². The van der Waals surface area contributed by atoms with Crippen molar-refractivity contribution < 1.29 is 39.8 Å². The SMILES string of the molecule is CCCCCCC(C)C/C(C)=C\C(/C=C(C)/C=C/C(O)C(C)(C)c1cc(O)c(C2O[C@H](CO)C[C@H](O)[C@H]2O)c(=O)o1)CO. The first-order valence-corrected chi connectivity index (χ1v) is 15.6. The standard InChI is InChI=1S/C34H54O9/c1-7-8-9-10-11-21(2)14-23(4)16-24(19-35)15-22(3)12-13-28(39)34(5,6)29-18-26(37)30(33(41)43-29)32-31(40)27(38)17-25(20-36)42-32/h12-13,15-16,18,21,24-25,27-28,31-32,35-40H,7-11,14,17,19-20H2,1-6H3/b13-12+,22-15+,23-16-/t21?,24?,25-,27-,28?,31+,32?/m0/s1. The van der Waals surface area contributed by atoms with Gasteiger partial charge in [-0.25, -0.2) is 4.79 Å². The van der Waals surface area contributed by atoms with Gasteiger partial charge in [0.15, 0.2) is 0 Å². The van der Waals surface area contributed by atoms with Crippen LogP contribution in [-0.4, -0.2) is 68.3 Å². The van der Waals surface area contributed by atoms with Crippen LogP contribution >= 0.6 is 0 Å². The maximum absolute atomic E-state index is 12.9. The van der Waals surface area contributed by atoms with Crippen LogP contribution in [0.25, 0.3) is 0 Å². The molecule has 1 aliphatic rings. The van der Waals surface area contributed by atoms with Gasteiger partial charge in [-0.2, -0.15) is 0 Å². The summed E-state index contributed by atoms with van der Waals surface area (Å²) < 4.78 is 11.0. The second-order valence-electron chi connectivity index (χ2n) is 12.8. The van der Waals surface area contributed by atoms with Gasteiger partial charge in [-0.15, -0.1) is 0 Å². The van der Waals surface area contributed by atoms with Crippen molar-refractivity contribution in [3.63, 3.8) is 0 Å². The summed E-state index contributed by atoms with van der Waals surface area (Å²) >= 11 is 0. The highest BCUT2D eigenvalue weighted by Gasteiger charge is 2.41. The zero-order chi connectivity index (χ0) is 32.3. The van der Waals surface area contributed by atoms with Crippen LogP contribution in [-0.2, 0) is 10.2 Å². The molecule has 0 bridgehead atoms. The van der Waals surface area contributed by atoms with Gasteiger partial charge in [-0.1, -0.05) is 81.4 Å². The van der Waals surface area contributed by atoms with E-state index in [4.69, 9.17) is 9.15 Å². The van der Waals surface area contributed by atoms with Gasteiger partial charge >= 0.3 is 5.63 Å². The molecular weight excluding hydrogens is 552 g/mol. The van der Waals surface area contributed by atoms with Crippen LogP contribution in [0.3, 0.4) is 0 Å². The normalized spacial score (nSPS) is 24.3. The predicted octanol–water partition coefficient (Wildman–Crippen LogP) is 4.58. The number of hydrogen-bond donors (Lipinski definition) is 6. The maximum atomic E-state index is 12.9. The van der Waals surface area contributed by atoms with Gasteiger partial charge in [0.25, 0.3) is 0 Å². The van der Waals surface area contributed by atoms with E-state index in [1.165, 1.54) is 43.7 Å². The first-order valence-electron chi connectivity index (χ1n) is 15.6. The average molecular weight is 607 g/mol. The fourth-order valence-electron chi connectivity index (χ4n) is 5.56. The summed E-state index contributed by atoms with van der Waals surface area (Å²) in [4.78, 5) is 12.9. The lowest BCUT2D eigenvalue weighted by Crippen LogP contribution is -2.46. The summed E-state index contributed by atoms with van der Waals surface area (Å²) in [5.74, 6) is -0.0686. The maximum Gasteiger partial charge on any atom is 0.345 e. The Bertz CT molecular complexity index is 1150. The van der Waals surface area contributed by atoms with Gasteiger partial charge in [0, 0.05) is 18.4 Å². The molecule has 2 heterocycles. The molecule has 4 unspecified atom stereocenters. The molecule has 6 N–H and O–H groups in total. The first-order chi connectivity index (χ1) is 20.2. The number of unbranched alkanes of at least 4 members (excludes halogenated alkanes) is 3. The van der Waals surface area contributed by atoms with E-state index in [0.717, 1.165) is 12.0 Å². The molecule has 1 aromatic rings. The Morgan fingerprint density at radius 3 is 2.44 bits per heavy atom. The van der Waals surface area contributed by atoms with Crippen molar-refractivity contribution in [2.24, 2.45) is 11.8 Å². The van der Waals surface area contributed by atoms with Gasteiger partial charge in [-0.05, 0) is 40.0 Å². The summed E-state index contributed by atoms with van der Waals surface area (Å²) in [5, 5.41) is 61.7. The topological polar surface area (TPSA) is 161 Å². The van der Waals surface area contributed by atoms with E-state index in [1.54, 1.807) is 26.0 Å². The molecule has 2 rings (SSSR count). The van der Waals surface area contributed by atoms with E-state index in [-0.39, 0.29) is 30.3 Å². The van der Waals surface area contributed by atoms with Gasteiger partial charge in [-0.3, -0.25) is 0 Å². The van der Waals surface area contributed by atoms with Crippen LogP contribution in [0.1, 0.15) is 104 Å². The molecule has 9 nitrogen and oxygen atoms in total. The number of ether oxygens (including phenoxy) is 1. The van der Waals surface area contributed by atoms with E-state index >= 15 is 0 Å². The molecule has 244 valence electrons. The third kappa shape index (κ3) is 10.7. The summed E-state index contributed by atoms with van der Waals surface area (Å²) in [6.07, 6.45) is 8.44. The second-order valence-corrected chi connectivity index (χ2v) is 12.8. The Morgan fingerprint density at radius 1 is 1.14 bits per heavy atom. The smallest absolute Gasteiger partial charge is 0.345 e. The van der Waals surface area contributed by atoms with Gasteiger partial charge < -0.3 is 39.8 Å². The summed E-state index contributed by atoms with van der Waals surface area (Å²) in [6, 6.07) is 1.20. The highest BCUT2D eigenvalue weighted by atomic mass is 16.5.